The Hall–Kier alpha value is -5.16. The minimum atomic E-state index is -0.527. The Morgan fingerprint density at radius 2 is 1.63 bits per heavy atom. The van der Waals surface area contributed by atoms with E-state index in [-0.39, 0.29) is 17.4 Å². The molecule has 0 saturated heterocycles. The molecule has 1 aromatic heterocycles. The maximum atomic E-state index is 13.5. The molecule has 0 saturated carbocycles. The number of benzene rings is 4. The average molecular weight is 736 g/mol. The molecule has 0 radical (unpaired) electrons. The minimum absolute atomic E-state index is 0.0405. The Bertz CT molecular complexity index is 2080. The second-order valence-electron chi connectivity index (χ2n) is 11.8. The van der Waals surface area contributed by atoms with Crippen molar-refractivity contribution in [3.05, 3.63) is 153 Å². The molecule has 1 atom stereocenters. The van der Waals surface area contributed by atoms with Crippen LogP contribution in [0.2, 0.25) is 5.02 Å². The van der Waals surface area contributed by atoms with E-state index in [1.807, 2.05) is 24.3 Å². The van der Waals surface area contributed by atoms with Gasteiger partial charge in [0, 0.05) is 26.0 Å². The number of anilines is 2. The summed E-state index contributed by atoms with van der Waals surface area (Å²) in [5, 5.41) is 9.59. The number of esters is 1. The van der Waals surface area contributed by atoms with E-state index in [1.54, 1.807) is 78.9 Å². The Labute approximate surface area is 309 Å². The van der Waals surface area contributed by atoms with Gasteiger partial charge in [0.25, 0.3) is 11.8 Å². The molecule has 1 aliphatic rings. The normalized spacial score (nSPS) is 13.8. The Balaban J connectivity index is 1.12. The minimum Gasteiger partial charge on any atom is -0.465 e. The summed E-state index contributed by atoms with van der Waals surface area (Å²) in [5.74, 6) is -1.27. The van der Waals surface area contributed by atoms with Gasteiger partial charge in [-0.25, -0.2) is 4.79 Å². The largest absolute Gasteiger partial charge is 0.465 e. The molecular weight excluding hydrogens is 702 g/mol. The fourth-order valence-corrected chi connectivity index (χ4v) is 8.06. The van der Waals surface area contributed by atoms with Crippen LogP contribution in [-0.2, 0) is 27.2 Å². The van der Waals surface area contributed by atoms with Gasteiger partial charge in [0.1, 0.15) is 10.7 Å². The highest BCUT2D eigenvalue weighted by Gasteiger charge is 2.30. The number of carbonyl (C=O) groups is 4. The third-order valence-electron chi connectivity index (χ3n) is 8.35. The molecule has 4 aromatic carbocycles. The number of amides is 3. The number of thioether (sulfide) groups is 1. The van der Waals surface area contributed by atoms with Gasteiger partial charge in [-0.1, -0.05) is 78.3 Å². The molecule has 0 fully saturated rings. The second kappa shape index (κ2) is 16.7. The maximum absolute atomic E-state index is 13.5. The first-order chi connectivity index (χ1) is 24.8. The van der Waals surface area contributed by atoms with Gasteiger partial charge in [-0.2, -0.15) is 0 Å². The van der Waals surface area contributed by atoms with E-state index in [2.05, 4.69) is 28.1 Å². The first-order valence-corrected chi connectivity index (χ1v) is 18.4. The van der Waals surface area contributed by atoms with Gasteiger partial charge in [-0.3, -0.25) is 14.4 Å². The summed E-state index contributed by atoms with van der Waals surface area (Å²) in [6.45, 7) is 0. The summed E-state index contributed by atoms with van der Waals surface area (Å²) >= 11 is 8.77. The zero-order valence-corrected chi connectivity index (χ0v) is 30.0. The smallest absolute Gasteiger partial charge is 0.341 e. The van der Waals surface area contributed by atoms with E-state index in [1.165, 1.54) is 35.8 Å². The fraction of sp³-hybridized carbons (Fsp3) is 0.150. The lowest BCUT2D eigenvalue weighted by Gasteiger charge is -2.22. The molecule has 0 spiro atoms. The third kappa shape index (κ3) is 9.15. The summed E-state index contributed by atoms with van der Waals surface area (Å²) in [7, 11) is 1.35. The maximum Gasteiger partial charge on any atom is 0.341 e. The van der Waals surface area contributed by atoms with Crippen molar-refractivity contribution in [1.82, 2.24) is 5.32 Å². The van der Waals surface area contributed by atoms with Crippen molar-refractivity contribution in [2.45, 2.75) is 30.1 Å². The van der Waals surface area contributed by atoms with E-state index < -0.39 is 17.8 Å². The van der Waals surface area contributed by atoms with Gasteiger partial charge >= 0.3 is 5.97 Å². The van der Waals surface area contributed by atoms with Gasteiger partial charge in [0.05, 0.1) is 18.4 Å². The quantitative estimate of drug-likeness (QED) is 0.0712. The molecule has 3 N–H and O–H groups in total. The SMILES string of the molecule is COC(=O)c1c(NC(=O)CSc2cccc(NC(=O)/C(=C/c3ccc(Cl)cc3)NC(=O)c3ccccc3)c2)sc2c1CCC(c1ccccc1)C2. The Kier molecular flexibility index (Phi) is 11.7. The summed E-state index contributed by atoms with van der Waals surface area (Å²) in [6.07, 6.45) is 4.00. The van der Waals surface area contributed by atoms with Crippen molar-refractivity contribution in [1.29, 1.82) is 0 Å². The highest BCUT2D eigenvalue weighted by Crippen LogP contribution is 2.43. The number of fused-ring (bicyclic) bond motifs is 1. The first kappa shape index (κ1) is 35.7. The number of hydrogen-bond donors (Lipinski definition) is 3. The average Bonchev–Trinajstić information content (AvgIpc) is 3.52. The van der Waals surface area contributed by atoms with Gasteiger partial charge in [0.2, 0.25) is 5.91 Å². The standard InChI is InChI=1S/C40H34ClN3O5S2/c1-49-40(48)36-32-20-17-28(26-9-4-2-5-10-26)22-34(32)51-39(36)44-35(45)24-50-31-14-8-13-30(23-31)42-38(47)33(21-25-15-18-29(41)19-16-25)43-37(46)27-11-6-3-7-12-27/h2-16,18-19,21,23,28H,17,20,22,24H2,1H3,(H,42,47)(H,43,46)(H,44,45)/b33-21-. The second-order valence-corrected chi connectivity index (χ2v) is 14.4. The van der Waals surface area contributed by atoms with E-state index in [0.29, 0.717) is 38.3 Å². The van der Waals surface area contributed by atoms with Crippen molar-refractivity contribution in [2.75, 3.05) is 23.5 Å². The summed E-state index contributed by atoms with van der Waals surface area (Å²) < 4.78 is 5.11. The molecule has 1 heterocycles. The summed E-state index contributed by atoms with van der Waals surface area (Å²) in [5.41, 5.74) is 4.26. The summed E-state index contributed by atoms with van der Waals surface area (Å²) in [6, 6.07) is 32.9. The Morgan fingerprint density at radius 3 is 2.35 bits per heavy atom. The van der Waals surface area contributed by atoms with E-state index in [0.717, 1.165) is 34.6 Å². The van der Waals surface area contributed by atoms with Gasteiger partial charge in [-0.15, -0.1) is 23.1 Å². The van der Waals surface area contributed by atoms with Crippen LogP contribution in [0, 0.1) is 0 Å². The fourth-order valence-electron chi connectivity index (χ4n) is 5.84. The number of nitrogens with one attached hydrogen (secondary N) is 3. The molecule has 0 bridgehead atoms. The van der Waals surface area contributed by atoms with E-state index in [4.69, 9.17) is 16.3 Å². The van der Waals surface area contributed by atoms with Crippen LogP contribution in [0.4, 0.5) is 10.7 Å². The van der Waals surface area contributed by atoms with Crippen LogP contribution < -0.4 is 16.0 Å². The molecule has 1 unspecified atom stereocenters. The topological polar surface area (TPSA) is 114 Å². The predicted octanol–water partition coefficient (Wildman–Crippen LogP) is 8.60. The summed E-state index contributed by atoms with van der Waals surface area (Å²) in [4.78, 5) is 54.4. The highest BCUT2D eigenvalue weighted by molar-refractivity contribution is 8.00. The lowest BCUT2D eigenvalue weighted by atomic mass is 9.83. The van der Waals surface area contributed by atoms with Crippen LogP contribution in [0.3, 0.4) is 0 Å². The van der Waals surface area contributed by atoms with Crippen molar-refractivity contribution < 1.29 is 23.9 Å². The number of halogens is 1. The van der Waals surface area contributed by atoms with Crippen LogP contribution in [0.25, 0.3) is 6.08 Å². The van der Waals surface area contributed by atoms with Crippen LogP contribution >= 0.6 is 34.7 Å². The van der Waals surface area contributed by atoms with E-state index in [9.17, 15) is 19.2 Å². The van der Waals surface area contributed by atoms with Gasteiger partial charge < -0.3 is 20.7 Å². The van der Waals surface area contributed by atoms with E-state index >= 15 is 0 Å². The third-order valence-corrected chi connectivity index (χ3v) is 10.8. The molecule has 51 heavy (non-hydrogen) atoms. The Morgan fingerprint density at radius 1 is 0.902 bits per heavy atom. The number of thiophene rings is 1. The molecule has 1 aliphatic carbocycles. The molecule has 8 nitrogen and oxygen atoms in total. The molecule has 6 rings (SSSR count). The predicted molar refractivity (Wildman–Crippen MR) is 205 cm³/mol. The van der Waals surface area contributed by atoms with Crippen LogP contribution in [0.1, 0.15) is 54.6 Å². The lowest BCUT2D eigenvalue weighted by molar-refractivity contribution is -0.114. The van der Waals surface area contributed by atoms with Crippen LogP contribution in [0.15, 0.2) is 120 Å². The van der Waals surface area contributed by atoms with Crippen LogP contribution in [-0.4, -0.2) is 36.6 Å². The zero-order chi connectivity index (χ0) is 35.7. The molecule has 3 amide bonds. The number of hydrogen-bond acceptors (Lipinski definition) is 7. The van der Waals surface area contributed by atoms with Crippen molar-refractivity contribution in [3.8, 4) is 0 Å². The number of ether oxygens (including phenoxy) is 1. The molecule has 258 valence electrons. The molecule has 0 aliphatic heterocycles. The van der Waals surface area contributed by atoms with Crippen molar-refractivity contribution in [2.24, 2.45) is 0 Å². The number of carbonyl (C=O) groups excluding carboxylic acids is 4. The molecule has 5 aromatic rings. The lowest BCUT2D eigenvalue weighted by Crippen LogP contribution is -2.30. The zero-order valence-electron chi connectivity index (χ0n) is 27.6. The van der Waals surface area contributed by atoms with Gasteiger partial charge in [0.15, 0.2) is 0 Å². The monoisotopic (exact) mass is 735 g/mol. The van der Waals surface area contributed by atoms with Crippen molar-refractivity contribution in [3.63, 3.8) is 0 Å². The number of methoxy groups -OCH3 is 1. The highest BCUT2D eigenvalue weighted by atomic mass is 35.5. The number of rotatable bonds is 11. The first-order valence-electron chi connectivity index (χ1n) is 16.2. The van der Waals surface area contributed by atoms with Crippen LogP contribution in [0.5, 0.6) is 0 Å². The van der Waals surface area contributed by atoms with Crippen molar-refractivity contribution >= 4 is 75.2 Å². The van der Waals surface area contributed by atoms with Gasteiger partial charge in [-0.05, 0) is 90.4 Å². The molecular formula is C40H34ClN3O5S2. The molecule has 11 heteroatoms.